The van der Waals surface area contributed by atoms with Crippen molar-refractivity contribution in [1.82, 2.24) is 9.13 Å². The van der Waals surface area contributed by atoms with Crippen molar-refractivity contribution in [3.8, 4) is 0 Å². The Bertz CT molecular complexity index is 543. The molecule has 0 unspecified atom stereocenters. The van der Waals surface area contributed by atoms with Gasteiger partial charge in [0.1, 0.15) is 5.56 Å². The van der Waals surface area contributed by atoms with Gasteiger partial charge in [-0.3, -0.25) is 18.7 Å². The Morgan fingerprint density at radius 3 is 2.35 bits per heavy atom. The van der Waals surface area contributed by atoms with Crippen LogP contribution in [0.1, 0.15) is 29.9 Å². The maximum atomic E-state index is 12.0. The molecule has 5 nitrogen and oxygen atoms in total. The largest absolute Gasteiger partial charge is 0.330 e. The average Bonchev–Trinajstić information content (AvgIpc) is 2.29. The van der Waals surface area contributed by atoms with Crippen molar-refractivity contribution in [2.75, 3.05) is 0 Å². The van der Waals surface area contributed by atoms with E-state index >= 15 is 0 Å². The maximum Gasteiger partial charge on any atom is 0.330 e. The molecular formula is C11H15BrN2O3. The van der Waals surface area contributed by atoms with E-state index in [4.69, 9.17) is 0 Å². The minimum Gasteiger partial charge on any atom is -0.298 e. The smallest absolute Gasteiger partial charge is 0.298 e. The molecule has 0 aromatic carbocycles. The van der Waals surface area contributed by atoms with Gasteiger partial charge in [-0.1, -0.05) is 29.8 Å². The SMILES string of the molecule is CC(C)Cn1c(CBr)c(C=O)c(=O)n(C)c1=O. The molecule has 94 valence electrons. The third kappa shape index (κ3) is 2.57. The van der Waals surface area contributed by atoms with Gasteiger partial charge in [0.2, 0.25) is 0 Å². The zero-order valence-electron chi connectivity index (χ0n) is 10.1. The number of hydrogen-bond acceptors (Lipinski definition) is 3. The summed E-state index contributed by atoms with van der Waals surface area (Å²) >= 11 is 3.22. The normalized spacial score (nSPS) is 10.9. The molecule has 1 heterocycles. The minimum atomic E-state index is -0.542. The molecule has 0 aliphatic heterocycles. The summed E-state index contributed by atoms with van der Waals surface area (Å²) in [6.45, 7) is 4.42. The van der Waals surface area contributed by atoms with Gasteiger partial charge in [0.15, 0.2) is 6.29 Å². The summed E-state index contributed by atoms with van der Waals surface area (Å²) < 4.78 is 2.45. The van der Waals surface area contributed by atoms with Gasteiger partial charge >= 0.3 is 5.69 Å². The molecule has 0 spiro atoms. The van der Waals surface area contributed by atoms with E-state index in [1.54, 1.807) is 0 Å². The Hall–Kier alpha value is -1.17. The Kier molecular flexibility index (Phi) is 4.45. The van der Waals surface area contributed by atoms with Crippen LogP contribution in [0.4, 0.5) is 0 Å². The standard InChI is InChI=1S/C11H15BrN2O3/c1-7(2)5-14-9(4-12)8(6-15)10(16)13(3)11(14)17/h6-7H,4-5H2,1-3H3. The number of alkyl halides is 1. The van der Waals surface area contributed by atoms with E-state index in [2.05, 4.69) is 15.9 Å². The van der Waals surface area contributed by atoms with Crippen LogP contribution < -0.4 is 11.2 Å². The second-order valence-electron chi connectivity index (χ2n) is 4.26. The molecule has 6 heteroatoms. The van der Waals surface area contributed by atoms with Crippen LogP contribution >= 0.6 is 15.9 Å². The molecule has 0 aliphatic rings. The average molecular weight is 303 g/mol. The van der Waals surface area contributed by atoms with Crippen molar-refractivity contribution in [3.63, 3.8) is 0 Å². The first-order chi connectivity index (χ1) is 7.93. The van der Waals surface area contributed by atoms with Gasteiger partial charge in [-0.2, -0.15) is 0 Å². The summed E-state index contributed by atoms with van der Waals surface area (Å²) in [6, 6.07) is 0. The predicted octanol–water partition coefficient (Wildman–Crippen LogP) is 0.910. The van der Waals surface area contributed by atoms with E-state index in [9.17, 15) is 14.4 Å². The summed E-state index contributed by atoms with van der Waals surface area (Å²) in [6.07, 6.45) is 0.509. The second kappa shape index (κ2) is 5.44. The molecule has 0 saturated heterocycles. The quantitative estimate of drug-likeness (QED) is 0.613. The lowest BCUT2D eigenvalue weighted by atomic mass is 10.2. The van der Waals surface area contributed by atoms with Crippen molar-refractivity contribution < 1.29 is 4.79 Å². The lowest BCUT2D eigenvalue weighted by molar-refractivity contribution is 0.111. The molecule has 17 heavy (non-hydrogen) atoms. The maximum absolute atomic E-state index is 12.0. The summed E-state index contributed by atoms with van der Waals surface area (Å²) in [5.41, 5.74) is -0.436. The number of hydrogen-bond donors (Lipinski definition) is 0. The van der Waals surface area contributed by atoms with Crippen LogP contribution in [-0.4, -0.2) is 15.4 Å². The van der Waals surface area contributed by atoms with Crippen LogP contribution in [0, 0.1) is 5.92 Å². The first-order valence-corrected chi connectivity index (χ1v) is 6.40. The summed E-state index contributed by atoms with van der Waals surface area (Å²) in [5.74, 6) is 0.252. The molecule has 0 radical (unpaired) electrons. The molecule has 0 bridgehead atoms. The Labute approximate surface area is 107 Å². The molecule has 0 aliphatic carbocycles. The monoisotopic (exact) mass is 302 g/mol. The molecule has 0 saturated carbocycles. The van der Waals surface area contributed by atoms with Gasteiger partial charge in [-0.25, -0.2) is 4.79 Å². The highest BCUT2D eigenvalue weighted by molar-refractivity contribution is 9.08. The number of nitrogens with zero attached hydrogens (tertiary/aromatic N) is 2. The third-order valence-electron chi connectivity index (χ3n) is 2.48. The van der Waals surface area contributed by atoms with Gasteiger partial charge in [0, 0.05) is 24.6 Å². The van der Waals surface area contributed by atoms with E-state index in [1.165, 1.54) is 11.6 Å². The molecule has 0 atom stereocenters. The second-order valence-corrected chi connectivity index (χ2v) is 4.82. The zero-order chi connectivity index (χ0) is 13.2. The Morgan fingerprint density at radius 1 is 1.35 bits per heavy atom. The highest BCUT2D eigenvalue weighted by atomic mass is 79.9. The molecule has 1 aromatic rings. The fourth-order valence-corrected chi connectivity index (χ4v) is 2.25. The van der Waals surface area contributed by atoms with Crippen molar-refractivity contribution in [2.45, 2.75) is 25.7 Å². The van der Waals surface area contributed by atoms with E-state index in [0.29, 0.717) is 23.9 Å². The lowest BCUT2D eigenvalue weighted by Crippen LogP contribution is -2.42. The predicted molar refractivity (Wildman–Crippen MR) is 68.8 cm³/mol. The number of carbonyl (C=O) groups is 1. The molecule has 0 fully saturated rings. The number of aldehydes is 1. The van der Waals surface area contributed by atoms with E-state index in [0.717, 1.165) is 4.57 Å². The van der Waals surface area contributed by atoms with Crippen LogP contribution in [-0.2, 0) is 18.9 Å². The van der Waals surface area contributed by atoms with Crippen LogP contribution in [0.2, 0.25) is 0 Å². The van der Waals surface area contributed by atoms with Gasteiger partial charge in [0.05, 0.1) is 0 Å². The van der Waals surface area contributed by atoms with Crippen LogP contribution in [0.25, 0.3) is 0 Å². The Balaban J connectivity index is 3.68. The van der Waals surface area contributed by atoms with E-state index in [1.807, 2.05) is 13.8 Å². The van der Waals surface area contributed by atoms with Gasteiger partial charge < -0.3 is 0 Å². The minimum absolute atomic E-state index is 0.0459. The van der Waals surface area contributed by atoms with Crippen molar-refractivity contribution in [2.24, 2.45) is 13.0 Å². The van der Waals surface area contributed by atoms with Crippen LogP contribution in [0.15, 0.2) is 9.59 Å². The lowest BCUT2D eigenvalue weighted by Gasteiger charge is -2.16. The van der Waals surface area contributed by atoms with Gasteiger partial charge in [0.25, 0.3) is 5.56 Å². The summed E-state index contributed by atoms with van der Waals surface area (Å²) in [7, 11) is 1.38. The topological polar surface area (TPSA) is 61.1 Å². The highest BCUT2D eigenvalue weighted by Gasteiger charge is 2.16. The fraction of sp³-hybridized carbons (Fsp3) is 0.545. The molecule has 0 amide bonds. The molecular weight excluding hydrogens is 288 g/mol. The first-order valence-electron chi connectivity index (χ1n) is 5.27. The molecule has 1 aromatic heterocycles. The number of rotatable bonds is 4. The van der Waals surface area contributed by atoms with Crippen LogP contribution in [0.3, 0.4) is 0 Å². The number of aromatic nitrogens is 2. The molecule has 0 N–H and O–H groups in total. The highest BCUT2D eigenvalue weighted by Crippen LogP contribution is 2.08. The Morgan fingerprint density at radius 2 is 1.94 bits per heavy atom. The summed E-state index contributed by atoms with van der Waals surface area (Å²) in [5, 5.41) is 0.305. The van der Waals surface area contributed by atoms with Crippen molar-refractivity contribution in [3.05, 3.63) is 32.1 Å². The number of halogens is 1. The first kappa shape index (κ1) is 13.9. The zero-order valence-corrected chi connectivity index (χ0v) is 11.7. The van der Waals surface area contributed by atoms with Crippen molar-refractivity contribution in [1.29, 1.82) is 0 Å². The number of carbonyl (C=O) groups excluding carboxylic acids is 1. The summed E-state index contributed by atoms with van der Waals surface area (Å²) in [4.78, 5) is 34.7. The van der Waals surface area contributed by atoms with E-state index in [-0.39, 0.29) is 17.2 Å². The molecule has 1 rings (SSSR count). The van der Waals surface area contributed by atoms with Crippen molar-refractivity contribution >= 4 is 22.2 Å². The van der Waals surface area contributed by atoms with E-state index < -0.39 is 5.56 Å². The fourth-order valence-electron chi connectivity index (χ4n) is 1.65. The van der Waals surface area contributed by atoms with Gasteiger partial charge in [-0.15, -0.1) is 0 Å². The van der Waals surface area contributed by atoms with Gasteiger partial charge in [-0.05, 0) is 5.92 Å². The third-order valence-corrected chi connectivity index (χ3v) is 3.01. The van der Waals surface area contributed by atoms with Crippen LogP contribution in [0.5, 0.6) is 0 Å².